The van der Waals surface area contributed by atoms with Gasteiger partial charge in [0.25, 0.3) is 0 Å². The van der Waals surface area contributed by atoms with Gasteiger partial charge >= 0.3 is 0 Å². The third-order valence-electron chi connectivity index (χ3n) is 3.69. The van der Waals surface area contributed by atoms with Gasteiger partial charge in [-0.2, -0.15) is 0 Å². The first kappa shape index (κ1) is 14.4. The number of hydrogen-bond acceptors (Lipinski definition) is 3. The van der Waals surface area contributed by atoms with Crippen molar-refractivity contribution in [3.8, 4) is 5.75 Å². The second kappa shape index (κ2) is 5.72. The number of aromatic nitrogens is 1. The SMILES string of the molecule is O=c1c(O)cn2c(c1Cl)CN(Cc1ccccc1Cl)CC2. The van der Waals surface area contributed by atoms with E-state index in [1.54, 1.807) is 0 Å². The Bertz CT molecular complexity index is 743. The predicted octanol–water partition coefficient (Wildman–Crippen LogP) is 2.88. The minimum Gasteiger partial charge on any atom is -0.503 e. The molecule has 0 saturated heterocycles. The lowest BCUT2D eigenvalue weighted by Gasteiger charge is -2.31. The van der Waals surface area contributed by atoms with E-state index in [1.165, 1.54) is 6.20 Å². The number of rotatable bonds is 2. The van der Waals surface area contributed by atoms with Crippen LogP contribution >= 0.6 is 23.2 Å². The van der Waals surface area contributed by atoms with E-state index in [1.807, 2.05) is 28.8 Å². The van der Waals surface area contributed by atoms with Crippen molar-refractivity contribution < 1.29 is 5.11 Å². The molecule has 0 atom stereocenters. The summed E-state index contributed by atoms with van der Waals surface area (Å²) in [5.74, 6) is -0.302. The van der Waals surface area contributed by atoms with E-state index in [2.05, 4.69) is 4.90 Å². The van der Waals surface area contributed by atoms with Gasteiger partial charge in [-0.05, 0) is 11.6 Å². The van der Waals surface area contributed by atoms with Gasteiger partial charge in [-0.3, -0.25) is 9.69 Å². The maximum absolute atomic E-state index is 11.7. The average Bonchev–Trinajstić information content (AvgIpc) is 2.48. The van der Waals surface area contributed by atoms with Crippen LogP contribution in [-0.4, -0.2) is 21.1 Å². The molecular weight excluding hydrogens is 311 g/mol. The molecule has 21 heavy (non-hydrogen) atoms. The summed E-state index contributed by atoms with van der Waals surface area (Å²) in [5, 5.41) is 10.4. The quantitative estimate of drug-likeness (QED) is 0.923. The highest BCUT2D eigenvalue weighted by Gasteiger charge is 2.21. The van der Waals surface area contributed by atoms with Crippen LogP contribution in [0.4, 0.5) is 0 Å². The topological polar surface area (TPSA) is 45.5 Å². The van der Waals surface area contributed by atoms with Crippen LogP contribution in [0.15, 0.2) is 35.3 Å². The molecule has 1 aliphatic rings. The monoisotopic (exact) mass is 324 g/mol. The molecule has 0 fully saturated rings. The molecular formula is C15H14Cl2N2O2. The molecule has 4 nitrogen and oxygen atoms in total. The number of aromatic hydroxyl groups is 1. The Hall–Kier alpha value is -1.49. The second-order valence-corrected chi connectivity index (χ2v) is 5.88. The molecule has 0 bridgehead atoms. The lowest BCUT2D eigenvalue weighted by molar-refractivity contribution is 0.210. The van der Waals surface area contributed by atoms with Crippen LogP contribution in [0, 0.1) is 0 Å². The Morgan fingerprint density at radius 1 is 1.19 bits per heavy atom. The average molecular weight is 325 g/mol. The molecule has 0 radical (unpaired) electrons. The first-order chi connectivity index (χ1) is 10.1. The summed E-state index contributed by atoms with van der Waals surface area (Å²) in [6.45, 7) is 2.73. The molecule has 1 aromatic carbocycles. The van der Waals surface area contributed by atoms with E-state index >= 15 is 0 Å². The highest BCUT2D eigenvalue weighted by Crippen LogP contribution is 2.24. The highest BCUT2D eigenvalue weighted by molar-refractivity contribution is 6.31. The van der Waals surface area contributed by atoms with Crippen molar-refractivity contribution in [1.29, 1.82) is 0 Å². The van der Waals surface area contributed by atoms with E-state index in [4.69, 9.17) is 23.2 Å². The second-order valence-electron chi connectivity index (χ2n) is 5.10. The smallest absolute Gasteiger partial charge is 0.241 e. The van der Waals surface area contributed by atoms with Gasteiger partial charge < -0.3 is 9.67 Å². The Morgan fingerprint density at radius 2 is 1.95 bits per heavy atom. The van der Waals surface area contributed by atoms with Crippen LogP contribution in [0.1, 0.15) is 11.3 Å². The molecule has 0 amide bonds. The molecule has 2 heterocycles. The summed E-state index contributed by atoms with van der Waals surface area (Å²) in [6, 6.07) is 7.71. The molecule has 1 aliphatic heterocycles. The Morgan fingerprint density at radius 3 is 2.71 bits per heavy atom. The first-order valence-electron chi connectivity index (χ1n) is 6.63. The maximum Gasteiger partial charge on any atom is 0.241 e. The molecule has 1 N–H and O–H groups in total. The number of fused-ring (bicyclic) bond motifs is 1. The first-order valence-corrected chi connectivity index (χ1v) is 7.38. The van der Waals surface area contributed by atoms with Gasteiger partial charge in [0.15, 0.2) is 5.75 Å². The summed E-state index contributed by atoms with van der Waals surface area (Å²) >= 11 is 12.2. The van der Waals surface area contributed by atoms with Gasteiger partial charge in [0.2, 0.25) is 5.43 Å². The minimum atomic E-state index is -0.512. The summed E-state index contributed by atoms with van der Waals surface area (Å²) in [7, 11) is 0. The van der Waals surface area contributed by atoms with Crippen molar-refractivity contribution in [2.24, 2.45) is 0 Å². The fraction of sp³-hybridized carbons (Fsp3) is 0.267. The van der Waals surface area contributed by atoms with E-state index in [9.17, 15) is 9.90 Å². The summed E-state index contributed by atoms with van der Waals surface area (Å²) < 4.78 is 1.84. The Kier molecular flexibility index (Phi) is 3.93. The fourth-order valence-electron chi connectivity index (χ4n) is 2.56. The zero-order valence-electron chi connectivity index (χ0n) is 11.2. The van der Waals surface area contributed by atoms with Crippen molar-refractivity contribution in [3.05, 3.63) is 62.0 Å². The zero-order chi connectivity index (χ0) is 15.0. The molecule has 0 spiro atoms. The Labute approximate surface area is 132 Å². The van der Waals surface area contributed by atoms with Crippen LogP contribution < -0.4 is 5.43 Å². The number of halogens is 2. The summed E-state index contributed by atoms with van der Waals surface area (Å²) in [5.41, 5.74) is 1.27. The van der Waals surface area contributed by atoms with E-state index in [0.29, 0.717) is 19.6 Å². The van der Waals surface area contributed by atoms with Gasteiger partial charge in [0.1, 0.15) is 5.02 Å². The van der Waals surface area contributed by atoms with Crippen LogP contribution in [-0.2, 0) is 19.6 Å². The molecule has 2 aromatic rings. The van der Waals surface area contributed by atoms with Crippen LogP contribution in [0.2, 0.25) is 10.0 Å². The van der Waals surface area contributed by atoms with Crippen molar-refractivity contribution in [1.82, 2.24) is 9.47 Å². The third-order valence-corrected chi connectivity index (χ3v) is 4.45. The largest absolute Gasteiger partial charge is 0.503 e. The number of pyridine rings is 1. The normalized spacial score (nSPS) is 15.0. The van der Waals surface area contributed by atoms with Crippen molar-refractivity contribution in [2.45, 2.75) is 19.6 Å². The van der Waals surface area contributed by atoms with Crippen molar-refractivity contribution >= 4 is 23.2 Å². The molecule has 0 aliphatic carbocycles. The van der Waals surface area contributed by atoms with Gasteiger partial charge in [-0.25, -0.2) is 0 Å². The maximum atomic E-state index is 11.7. The number of benzene rings is 1. The minimum absolute atomic E-state index is 0.0962. The lowest BCUT2D eigenvalue weighted by atomic mass is 10.1. The summed E-state index contributed by atoms with van der Waals surface area (Å²) in [6.07, 6.45) is 1.45. The van der Waals surface area contributed by atoms with E-state index in [-0.39, 0.29) is 10.8 Å². The summed E-state index contributed by atoms with van der Waals surface area (Å²) in [4.78, 5) is 13.9. The molecule has 6 heteroatoms. The predicted molar refractivity (Wildman–Crippen MR) is 82.9 cm³/mol. The molecule has 3 rings (SSSR count). The van der Waals surface area contributed by atoms with Crippen LogP contribution in [0.3, 0.4) is 0 Å². The third kappa shape index (κ3) is 2.79. The standard InChI is InChI=1S/C15H14Cl2N2O2/c16-11-4-2-1-3-10(11)7-18-5-6-19-9-13(20)15(21)14(17)12(19)8-18/h1-4,9,20H,5-8H2. The zero-order valence-corrected chi connectivity index (χ0v) is 12.7. The fourth-order valence-corrected chi connectivity index (χ4v) is 3.02. The van der Waals surface area contributed by atoms with E-state index < -0.39 is 5.43 Å². The number of nitrogens with zero attached hydrogens (tertiary/aromatic N) is 2. The van der Waals surface area contributed by atoms with Crippen molar-refractivity contribution in [2.75, 3.05) is 6.54 Å². The molecule has 0 saturated carbocycles. The molecule has 0 unspecified atom stereocenters. The van der Waals surface area contributed by atoms with Crippen LogP contribution in [0.5, 0.6) is 5.75 Å². The Balaban J connectivity index is 1.87. The van der Waals surface area contributed by atoms with E-state index in [0.717, 1.165) is 22.8 Å². The lowest BCUT2D eigenvalue weighted by Crippen LogP contribution is -2.35. The van der Waals surface area contributed by atoms with Gasteiger partial charge in [0, 0.05) is 31.2 Å². The van der Waals surface area contributed by atoms with Gasteiger partial charge in [-0.15, -0.1) is 0 Å². The van der Waals surface area contributed by atoms with Crippen molar-refractivity contribution in [3.63, 3.8) is 0 Å². The van der Waals surface area contributed by atoms with Gasteiger partial charge in [-0.1, -0.05) is 41.4 Å². The number of hydrogen-bond donors (Lipinski definition) is 1. The highest BCUT2D eigenvalue weighted by atomic mass is 35.5. The van der Waals surface area contributed by atoms with Crippen LogP contribution in [0.25, 0.3) is 0 Å². The molecule has 1 aromatic heterocycles. The molecule has 110 valence electrons. The van der Waals surface area contributed by atoms with Gasteiger partial charge in [0.05, 0.1) is 11.9 Å².